The van der Waals surface area contributed by atoms with Gasteiger partial charge in [-0.1, -0.05) is 47.5 Å². The minimum atomic E-state index is -0.112. The van der Waals surface area contributed by atoms with E-state index in [1.54, 1.807) is 0 Å². The smallest absolute Gasteiger partial charge is 0.229 e. The van der Waals surface area contributed by atoms with Gasteiger partial charge in [0.15, 0.2) is 0 Å². The summed E-state index contributed by atoms with van der Waals surface area (Å²) in [6, 6.07) is 0. The molecule has 0 radical (unpaired) electrons. The summed E-state index contributed by atoms with van der Waals surface area (Å²) in [5.74, 6) is 1.51. The third-order valence-corrected chi connectivity index (χ3v) is 5.02. The fourth-order valence-corrected chi connectivity index (χ4v) is 4.14. The van der Waals surface area contributed by atoms with E-state index in [9.17, 15) is 4.79 Å². The first-order valence-corrected chi connectivity index (χ1v) is 8.04. The summed E-state index contributed by atoms with van der Waals surface area (Å²) in [5, 5.41) is 0. The summed E-state index contributed by atoms with van der Waals surface area (Å²) in [6.45, 7) is 17.2. The Kier molecular flexibility index (Phi) is 5.08. The topological polar surface area (TPSA) is 20.3 Å². The van der Waals surface area contributed by atoms with Gasteiger partial charge in [0.25, 0.3) is 0 Å². The fraction of sp³-hybridized carbons (Fsp3) is 0.941. The zero-order valence-corrected chi connectivity index (χ0v) is 14.0. The lowest BCUT2D eigenvalue weighted by atomic mass is 9.84. The Labute approximate surface area is 119 Å². The average molecular weight is 267 g/mol. The highest BCUT2D eigenvalue weighted by atomic mass is 16.2. The van der Waals surface area contributed by atoms with Crippen LogP contribution in [0.4, 0.5) is 0 Å². The van der Waals surface area contributed by atoms with Crippen LogP contribution in [0.5, 0.6) is 0 Å². The lowest BCUT2D eigenvalue weighted by Crippen LogP contribution is -2.38. The first kappa shape index (κ1) is 16.5. The summed E-state index contributed by atoms with van der Waals surface area (Å²) in [7, 11) is 0. The molecule has 0 aromatic rings. The maximum atomic E-state index is 12.8. The van der Waals surface area contributed by atoms with Crippen molar-refractivity contribution >= 4 is 5.91 Å². The maximum absolute atomic E-state index is 12.8. The van der Waals surface area contributed by atoms with Gasteiger partial charge < -0.3 is 4.90 Å². The molecule has 1 amide bonds. The predicted molar refractivity (Wildman–Crippen MR) is 82.0 cm³/mol. The molecule has 2 heteroatoms. The summed E-state index contributed by atoms with van der Waals surface area (Å²) in [4.78, 5) is 14.9. The zero-order valence-electron chi connectivity index (χ0n) is 14.0. The van der Waals surface area contributed by atoms with Gasteiger partial charge in [-0.15, -0.1) is 0 Å². The van der Waals surface area contributed by atoms with Gasteiger partial charge in [-0.3, -0.25) is 4.79 Å². The lowest BCUT2D eigenvalue weighted by molar-refractivity contribution is -0.137. The van der Waals surface area contributed by atoms with E-state index in [0.29, 0.717) is 17.7 Å². The van der Waals surface area contributed by atoms with E-state index in [1.165, 1.54) is 19.3 Å². The van der Waals surface area contributed by atoms with Crippen LogP contribution in [0, 0.1) is 22.7 Å². The minimum absolute atomic E-state index is 0.112. The fourth-order valence-electron chi connectivity index (χ4n) is 4.14. The molecule has 1 rings (SSSR count). The number of rotatable bonds is 6. The second-order valence-corrected chi connectivity index (χ2v) is 7.35. The van der Waals surface area contributed by atoms with Crippen molar-refractivity contribution in [3.05, 3.63) is 0 Å². The number of amides is 1. The molecule has 0 aromatic carbocycles. The highest BCUT2D eigenvalue weighted by Gasteiger charge is 2.69. The standard InChI is InChI=1S/C17H33NO/c1-8-11-12-13-14(16(4,5)6)17(13,7)15(19)18(9-2)10-3/h13-14H,8-12H2,1-7H3/t13-,14+,17+/m0/s1. The van der Waals surface area contributed by atoms with Crippen LogP contribution >= 0.6 is 0 Å². The van der Waals surface area contributed by atoms with Crippen molar-refractivity contribution in [1.82, 2.24) is 4.90 Å². The number of unbranched alkanes of at least 4 members (excludes halogenated alkanes) is 1. The highest BCUT2D eigenvalue weighted by molar-refractivity contribution is 5.86. The van der Waals surface area contributed by atoms with Gasteiger partial charge in [-0.05, 0) is 37.5 Å². The van der Waals surface area contributed by atoms with Crippen molar-refractivity contribution in [3.8, 4) is 0 Å². The molecule has 1 aliphatic rings. The van der Waals surface area contributed by atoms with Crippen LogP contribution in [0.3, 0.4) is 0 Å². The lowest BCUT2D eigenvalue weighted by Gasteiger charge is -2.27. The molecule has 3 atom stereocenters. The number of carbonyl (C=O) groups is 1. The molecule has 0 saturated heterocycles. The van der Waals surface area contributed by atoms with Crippen molar-refractivity contribution in [1.29, 1.82) is 0 Å². The molecule has 0 spiro atoms. The number of nitrogens with zero attached hydrogens (tertiary/aromatic N) is 1. The summed E-state index contributed by atoms with van der Waals surface area (Å²) in [5.41, 5.74) is 0.120. The molecule has 0 unspecified atom stereocenters. The van der Waals surface area contributed by atoms with Crippen LogP contribution in [0.1, 0.15) is 67.7 Å². The second-order valence-electron chi connectivity index (χ2n) is 7.35. The first-order valence-electron chi connectivity index (χ1n) is 8.04. The molecule has 0 N–H and O–H groups in total. The van der Waals surface area contributed by atoms with Gasteiger partial charge in [0.1, 0.15) is 0 Å². The monoisotopic (exact) mass is 267 g/mol. The van der Waals surface area contributed by atoms with Crippen LogP contribution in [0.15, 0.2) is 0 Å². The second kappa shape index (κ2) is 5.85. The Bertz CT molecular complexity index is 314. The van der Waals surface area contributed by atoms with Gasteiger partial charge in [-0.25, -0.2) is 0 Å². The van der Waals surface area contributed by atoms with Gasteiger partial charge >= 0.3 is 0 Å². The summed E-state index contributed by atoms with van der Waals surface area (Å²) < 4.78 is 0. The van der Waals surface area contributed by atoms with Crippen LogP contribution in [0.25, 0.3) is 0 Å². The molecule has 1 saturated carbocycles. The SMILES string of the molecule is CCCC[C@H]1[C@H](C(C)(C)C)[C@]1(C)C(=O)N(CC)CC. The van der Waals surface area contributed by atoms with Gasteiger partial charge in [-0.2, -0.15) is 0 Å². The van der Waals surface area contributed by atoms with Gasteiger partial charge in [0, 0.05) is 13.1 Å². The highest BCUT2D eigenvalue weighted by Crippen LogP contribution is 2.68. The maximum Gasteiger partial charge on any atom is 0.229 e. The van der Waals surface area contributed by atoms with E-state index >= 15 is 0 Å². The third kappa shape index (κ3) is 2.98. The van der Waals surface area contributed by atoms with Crippen molar-refractivity contribution in [2.45, 2.75) is 67.7 Å². The Morgan fingerprint density at radius 2 is 1.68 bits per heavy atom. The minimum Gasteiger partial charge on any atom is -0.343 e. The molecule has 1 fully saturated rings. The van der Waals surface area contributed by atoms with Crippen molar-refractivity contribution in [2.75, 3.05) is 13.1 Å². The average Bonchev–Trinajstić information content (AvgIpc) is 2.95. The van der Waals surface area contributed by atoms with Crippen LogP contribution in [-0.2, 0) is 4.79 Å². The van der Waals surface area contributed by atoms with E-state index in [0.717, 1.165) is 13.1 Å². The van der Waals surface area contributed by atoms with Crippen LogP contribution in [-0.4, -0.2) is 23.9 Å². The molecule has 0 bridgehead atoms. The Morgan fingerprint density at radius 3 is 2.05 bits per heavy atom. The Balaban J connectivity index is 2.90. The molecule has 0 aromatic heterocycles. The molecule has 0 heterocycles. The summed E-state index contributed by atoms with van der Waals surface area (Å²) in [6.07, 6.45) is 3.68. The van der Waals surface area contributed by atoms with Gasteiger partial charge in [0.2, 0.25) is 5.91 Å². The molecule has 1 aliphatic carbocycles. The Hall–Kier alpha value is -0.530. The Morgan fingerprint density at radius 1 is 1.16 bits per heavy atom. The molecular weight excluding hydrogens is 234 g/mol. The largest absolute Gasteiger partial charge is 0.343 e. The normalized spacial score (nSPS) is 30.3. The van der Waals surface area contributed by atoms with E-state index in [2.05, 4.69) is 48.5 Å². The number of carbonyl (C=O) groups excluding carboxylic acids is 1. The summed E-state index contributed by atoms with van der Waals surface area (Å²) >= 11 is 0. The molecule has 19 heavy (non-hydrogen) atoms. The van der Waals surface area contributed by atoms with E-state index in [1.807, 2.05) is 4.90 Å². The van der Waals surface area contributed by atoms with E-state index in [-0.39, 0.29) is 10.8 Å². The van der Waals surface area contributed by atoms with Crippen molar-refractivity contribution < 1.29 is 4.79 Å². The molecular formula is C17H33NO. The predicted octanol–water partition coefficient (Wildman–Crippen LogP) is 4.34. The first-order chi connectivity index (χ1) is 8.74. The third-order valence-electron chi connectivity index (χ3n) is 5.02. The van der Waals surface area contributed by atoms with E-state index < -0.39 is 0 Å². The molecule has 112 valence electrons. The van der Waals surface area contributed by atoms with Crippen molar-refractivity contribution in [2.24, 2.45) is 22.7 Å². The van der Waals surface area contributed by atoms with Crippen LogP contribution < -0.4 is 0 Å². The van der Waals surface area contributed by atoms with Crippen LogP contribution in [0.2, 0.25) is 0 Å². The molecule has 2 nitrogen and oxygen atoms in total. The molecule has 0 aliphatic heterocycles. The van der Waals surface area contributed by atoms with Crippen molar-refractivity contribution in [3.63, 3.8) is 0 Å². The quantitative estimate of drug-likeness (QED) is 0.701. The zero-order chi connectivity index (χ0) is 14.8. The van der Waals surface area contributed by atoms with Gasteiger partial charge in [0.05, 0.1) is 5.41 Å². The number of hydrogen-bond donors (Lipinski definition) is 0. The number of hydrogen-bond acceptors (Lipinski definition) is 1. The van der Waals surface area contributed by atoms with E-state index in [4.69, 9.17) is 0 Å².